The Morgan fingerprint density at radius 1 is 0.952 bits per heavy atom. The van der Waals surface area contributed by atoms with Gasteiger partial charge >= 0.3 is 0 Å². The molecule has 1 aromatic heterocycles. The van der Waals surface area contributed by atoms with Crippen LogP contribution in [0.2, 0.25) is 0 Å². The standard InChI is InChI=1S/C14H8F2N2O3/c15-10-6-8(19)2-3-9(10)14-17-13(18-21-14)7-1-4-12(20)11(16)5-7/h1-6,19-20H. The summed E-state index contributed by atoms with van der Waals surface area (Å²) in [6.07, 6.45) is 0. The summed E-state index contributed by atoms with van der Waals surface area (Å²) in [6.45, 7) is 0. The molecule has 0 atom stereocenters. The van der Waals surface area contributed by atoms with Gasteiger partial charge in [0.1, 0.15) is 11.6 Å². The van der Waals surface area contributed by atoms with Gasteiger partial charge in [-0.1, -0.05) is 5.16 Å². The van der Waals surface area contributed by atoms with Crippen LogP contribution in [0.5, 0.6) is 11.5 Å². The van der Waals surface area contributed by atoms with Gasteiger partial charge in [-0.05, 0) is 30.3 Å². The van der Waals surface area contributed by atoms with Crippen LogP contribution in [0.3, 0.4) is 0 Å². The molecule has 5 nitrogen and oxygen atoms in total. The van der Waals surface area contributed by atoms with Gasteiger partial charge in [-0.25, -0.2) is 8.78 Å². The van der Waals surface area contributed by atoms with Gasteiger partial charge in [0.05, 0.1) is 5.56 Å². The molecule has 0 radical (unpaired) electrons. The maximum absolute atomic E-state index is 13.7. The predicted octanol–water partition coefficient (Wildman–Crippen LogP) is 3.09. The van der Waals surface area contributed by atoms with E-state index in [9.17, 15) is 8.78 Å². The van der Waals surface area contributed by atoms with Crippen LogP contribution in [0.4, 0.5) is 8.78 Å². The molecule has 0 saturated carbocycles. The van der Waals surface area contributed by atoms with E-state index in [2.05, 4.69) is 10.1 Å². The number of hydrogen-bond donors (Lipinski definition) is 2. The molecule has 0 saturated heterocycles. The molecule has 3 aromatic rings. The van der Waals surface area contributed by atoms with Crippen LogP contribution < -0.4 is 0 Å². The highest BCUT2D eigenvalue weighted by Gasteiger charge is 2.15. The summed E-state index contributed by atoms with van der Waals surface area (Å²) in [5.41, 5.74) is 0.297. The minimum atomic E-state index is -0.824. The number of halogens is 2. The third-order valence-corrected chi connectivity index (χ3v) is 2.81. The van der Waals surface area contributed by atoms with Crippen molar-refractivity contribution in [2.45, 2.75) is 0 Å². The zero-order valence-electron chi connectivity index (χ0n) is 10.4. The Morgan fingerprint density at radius 2 is 1.76 bits per heavy atom. The molecule has 0 aliphatic carbocycles. The quantitative estimate of drug-likeness (QED) is 0.758. The van der Waals surface area contributed by atoms with Gasteiger partial charge in [-0.2, -0.15) is 4.98 Å². The van der Waals surface area contributed by atoms with E-state index in [1.807, 2.05) is 0 Å². The number of nitrogens with zero attached hydrogens (tertiary/aromatic N) is 2. The van der Waals surface area contributed by atoms with Crippen LogP contribution in [0.25, 0.3) is 22.8 Å². The first kappa shape index (κ1) is 13.0. The second kappa shape index (κ2) is 4.86. The van der Waals surface area contributed by atoms with Crippen molar-refractivity contribution in [1.82, 2.24) is 10.1 Å². The number of aromatic hydroxyl groups is 2. The van der Waals surface area contributed by atoms with Crippen molar-refractivity contribution in [3.8, 4) is 34.3 Å². The molecule has 0 aliphatic heterocycles. The molecule has 7 heteroatoms. The van der Waals surface area contributed by atoms with Crippen molar-refractivity contribution >= 4 is 0 Å². The van der Waals surface area contributed by atoms with Crippen LogP contribution in [-0.4, -0.2) is 20.4 Å². The van der Waals surface area contributed by atoms with Gasteiger partial charge in [-0.15, -0.1) is 0 Å². The van der Waals surface area contributed by atoms with Crippen LogP contribution in [0.15, 0.2) is 40.9 Å². The molecular formula is C14H8F2N2O3. The fraction of sp³-hybridized carbons (Fsp3) is 0. The Morgan fingerprint density at radius 3 is 2.48 bits per heavy atom. The lowest BCUT2D eigenvalue weighted by atomic mass is 10.2. The Balaban J connectivity index is 2.01. The Hall–Kier alpha value is -2.96. The number of phenols is 2. The molecule has 0 aliphatic rings. The summed E-state index contributed by atoms with van der Waals surface area (Å²) in [4.78, 5) is 3.96. The Bertz CT molecular complexity index is 818. The molecule has 0 fully saturated rings. The average molecular weight is 290 g/mol. The van der Waals surface area contributed by atoms with Gasteiger partial charge < -0.3 is 14.7 Å². The van der Waals surface area contributed by atoms with E-state index in [-0.39, 0.29) is 28.6 Å². The van der Waals surface area contributed by atoms with E-state index in [1.54, 1.807) is 0 Å². The largest absolute Gasteiger partial charge is 0.508 e. The van der Waals surface area contributed by atoms with E-state index in [1.165, 1.54) is 18.2 Å². The van der Waals surface area contributed by atoms with E-state index < -0.39 is 17.4 Å². The third-order valence-electron chi connectivity index (χ3n) is 2.81. The lowest BCUT2D eigenvalue weighted by Gasteiger charge is -1.98. The van der Waals surface area contributed by atoms with Gasteiger partial charge in [0.25, 0.3) is 5.89 Å². The average Bonchev–Trinajstić information content (AvgIpc) is 2.91. The molecule has 21 heavy (non-hydrogen) atoms. The monoisotopic (exact) mass is 290 g/mol. The summed E-state index contributed by atoms with van der Waals surface area (Å²) in [6, 6.07) is 7.08. The Kier molecular flexibility index (Phi) is 3.02. The molecular weight excluding hydrogens is 282 g/mol. The fourth-order valence-corrected chi connectivity index (χ4v) is 1.77. The lowest BCUT2D eigenvalue weighted by molar-refractivity contribution is 0.427. The van der Waals surface area contributed by atoms with Gasteiger partial charge in [-0.3, -0.25) is 0 Å². The van der Waals surface area contributed by atoms with Crippen LogP contribution in [0.1, 0.15) is 0 Å². The number of benzene rings is 2. The second-order valence-corrected chi connectivity index (χ2v) is 4.25. The maximum atomic E-state index is 13.7. The SMILES string of the molecule is Oc1ccc(-c2nc(-c3ccc(O)c(F)c3)no2)c(F)c1. The van der Waals surface area contributed by atoms with Gasteiger partial charge in [0.2, 0.25) is 5.82 Å². The predicted molar refractivity (Wildman–Crippen MR) is 68.4 cm³/mol. The van der Waals surface area contributed by atoms with E-state index in [0.717, 1.165) is 18.2 Å². The maximum Gasteiger partial charge on any atom is 0.261 e. The minimum Gasteiger partial charge on any atom is -0.508 e. The first-order chi connectivity index (χ1) is 10.0. The molecule has 2 N–H and O–H groups in total. The highest BCUT2D eigenvalue weighted by atomic mass is 19.1. The van der Waals surface area contributed by atoms with Crippen LogP contribution >= 0.6 is 0 Å². The summed E-state index contributed by atoms with van der Waals surface area (Å²) in [7, 11) is 0. The zero-order chi connectivity index (χ0) is 15.0. The van der Waals surface area contributed by atoms with Crippen molar-refractivity contribution in [3.63, 3.8) is 0 Å². The third kappa shape index (κ3) is 2.40. The number of hydrogen-bond acceptors (Lipinski definition) is 5. The highest BCUT2D eigenvalue weighted by molar-refractivity contribution is 5.61. The van der Waals surface area contributed by atoms with Crippen molar-refractivity contribution in [1.29, 1.82) is 0 Å². The molecule has 106 valence electrons. The molecule has 0 bridgehead atoms. The summed E-state index contributed by atoms with van der Waals surface area (Å²) in [5, 5.41) is 21.9. The van der Waals surface area contributed by atoms with Gasteiger partial charge in [0.15, 0.2) is 11.6 Å². The zero-order valence-corrected chi connectivity index (χ0v) is 10.4. The minimum absolute atomic E-state index is 0.0193. The number of phenolic OH excluding ortho intramolecular Hbond substituents is 2. The van der Waals surface area contributed by atoms with E-state index in [4.69, 9.17) is 14.7 Å². The van der Waals surface area contributed by atoms with Crippen molar-refractivity contribution in [2.24, 2.45) is 0 Å². The van der Waals surface area contributed by atoms with E-state index in [0.29, 0.717) is 0 Å². The van der Waals surface area contributed by atoms with Crippen LogP contribution in [-0.2, 0) is 0 Å². The van der Waals surface area contributed by atoms with Crippen molar-refractivity contribution in [3.05, 3.63) is 48.0 Å². The topological polar surface area (TPSA) is 79.4 Å². The van der Waals surface area contributed by atoms with E-state index >= 15 is 0 Å². The van der Waals surface area contributed by atoms with Crippen LogP contribution in [0, 0.1) is 11.6 Å². The number of aromatic nitrogens is 2. The summed E-state index contributed by atoms with van der Waals surface area (Å²) in [5.74, 6) is -2.31. The second-order valence-electron chi connectivity index (χ2n) is 4.25. The molecule has 0 amide bonds. The summed E-state index contributed by atoms with van der Waals surface area (Å²) < 4.78 is 31.9. The molecule has 2 aromatic carbocycles. The van der Waals surface area contributed by atoms with Gasteiger partial charge in [0, 0.05) is 11.6 Å². The molecule has 0 unspecified atom stereocenters. The molecule has 0 spiro atoms. The Labute approximate surface area is 117 Å². The van der Waals surface area contributed by atoms with Crippen molar-refractivity contribution < 1.29 is 23.5 Å². The molecule has 1 heterocycles. The lowest BCUT2D eigenvalue weighted by Crippen LogP contribution is -1.86. The fourth-order valence-electron chi connectivity index (χ4n) is 1.77. The smallest absolute Gasteiger partial charge is 0.261 e. The highest BCUT2D eigenvalue weighted by Crippen LogP contribution is 2.28. The first-order valence-electron chi connectivity index (χ1n) is 5.86. The normalized spacial score (nSPS) is 10.8. The molecule has 3 rings (SSSR count). The van der Waals surface area contributed by atoms with Crippen molar-refractivity contribution in [2.75, 3.05) is 0 Å². The summed E-state index contributed by atoms with van der Waals surface area (Å²) >= 11 is 0. The first-order valence-corrected chi connectivity index (χ1v) is 5.86. The number of rotatable bonds is 2.